The topological polar surface area (TPSA) is 38.8 Å². The van der Waals surface area contributed by atoms with Gasteiger partial charge in [-0.15, -0.1) is 0 Å². The fourth-order valence-corrected chi connectivity index (χ4v) is 5.40. The van der Waals surface area contributed by atoms with Crippen molar-refractivity contribution in [1.29, 1.82) is 0 Å². The van der Waals surface area contributed by atoms with Crippen molar-refractivity contribution < 1.29 is 9.18 Å². The van der Waals surface area contributed by atoms with Gasteiger partial charge in [-0.3, -0.25) is 14.6 Å². The molecule has 184 valence electrons. The number of halogens is 1. The first-order valence-electron chi connectivity index (χ1n) is 12.8. The number of piperazine rings is 1. The number of amides is 1. The molecular weight excluding hydrogens is 427 g/mol. The molecule has 2 saturated heterocycles. The van der Waals surface area contributed by atoms with Gasteiger partial charge in [0.15, 0.2) is 0 Å². The Morgan fingerprint density at radius 2 is 1.71 bits per heavy atom. The van der Waals surface area contributed by atoms with Crippen LogP contribution < -0.4 is 5.32 Å². The highest BCUT2D eigenvalue weighted by Gasteiger charge is 2.34. The number of carbonyl (C=O) groups excluding carboxylic acids is 1. The van der Waals surface area contributed by atoms with E-state index in [-0.39, 0.29) is 11.7 Å². The van der Waals surface area contributed by atoms with Crippen molar-refractivity contribution in [2.45, 2.75) is 38.3 Å². The molecule has 4 rings (SSSR count). The van der Waals surface area contributed by atoms with E-state index in [0.717, 1.165) is 64.2 Å². The number of likely N-dealkylation sites (tertiary alicyclic amines) is 1. The molecule has 1 N–H and O–H groups in total. The monoisotopic (exact) mass is 466 g/mol. The van der Waals surface area contributed by atoms with Crippen molar-refractivity contribution in [3.8, 4) is 0 Å². The van der Waals surface area contributed by atoms with Gasteiger partial charge in [-0.2, -0.15) is 0 Å². The van der Waals surface area contributed by atoms with Crippen molar-refractivity contribution in [3.05, 3.63) is 71.5 Å². The van der Waals surface area contributed by atoms with Crippen LogP contribution in [-0.2, 0) is 17.8 Å². The molecule has 2 aliphatic rings. The van der Waals surface area contributed by atoms with E-state index in [0.29, 0.717) is 24.9 Å². The summed E-state index contributed by atoms with van der Waals surface area (Å²) in [6.07, 6.45) is 3.39. The minimum Gasteiger partial charge on any atom is -0.356 e. The van der Waals surface area contributed by atoms with Crippen LogP contribution >= 0.6 is 0 Å². The van der Waals surface area contributed by atoms with Gasteiger partial charge in [-0.05, 0) is 62.0 Å². The first kappa shape index (κ1) is 24.8. The Morgan fingerprint density at radius 3 is 2.44 bits per heavy atom. The van der Waals surface area contributed by atoms with Gasteiger partial charge in [0.2, 0.25) is 5.91 Å². The van der Waals surface area contributed by atoms with Gasteiger partial charge in [-0.1, -0.05) is 42.5 Å². The van der Waals surface area contributed by atoms with Crippen LogP contribution in [0.3, 0.4) is 0 Å². The number of nitrogens with one attached hydrogen (secondary N) is 1. The zero-order valence-corrected chi connectivity index (χ0v) is 20.5. The number of benzene rings is 2. The van der Waals surface area contributed by atoms with E-state index >= 15 is 0 Å². The minimum atomic E-state index is -0.225. The largest absolute Gasteiger partial charge is 0.356 e. The lowest BCUT2D eigenvalue weighted by molar-refractivity contribution is -0.121. The van der Waals surface area contributed by atoms with Crippen molar-refractivity contribution >= 4 is 5.91 Å². The van der Waals surface area contributed by atoms with Crippen molar-refractivity contribution in [2.24, 2.45) is 5.92 Å². The van der Waals surface area contributed by atoms with E-state index in [1.807, 2.05) is 0 Å². The average Bonchev–Trinajstić information content (AvgIpc) is 2.85. The molecule has 0 spiro atoms. The SMILES string of the molecule is CN1CCN([C@@H]2CCN(Cc3ccccc3)C[C@@H]2CCC(=O)NCCc2ccc(F)cc2)CC1. The van der Waals surface area contributed by atoms with E-state index < -0.39 is 0 Å². The Morgan fingerprint density at radius 1 is 0.971 bits per heavy atom. The molecule has 2 heterocycles. The van der Waals surface area contributed by atoms with Crippen molar-refractivity contribution in [1.82, 2.24) is 20.0 Å². The maximum Gasteiger partial charge on any atom is 0.220 e. The molecule has 0 aromatic heterocycles. The second-order valence-electron chi connectivity index (χ2n) is 9.94. The molecule has 2 aliphatic heterocycles. The van der Waals surface area contributed by atoms with Crippen LogP contribution in [0.1, 0.15) is 30.4 Å². The van der Waals surface area contributed by atoms with Gasteiger partial charge in [0, 0.05) is 58.3 Å². The second-order valence-corrected chi connectivity index (χ2v) is 9.94. The third kappa shape index (κ3) is 7.36. The van der Waals surface area contributed by atoms with E-state index in [9.17, 15) is 9.18 Å². The number of likely N-dealkylation sites (N-methyl/N-ethyl adjacent to an activating group) is 1. The summed E-state index contributed by atoms with van der Waals surface area (Å²) in [5.41, 5.74) is 2.40. The lowest BCUT2D eigenvalue weighted by Crippen LogP contribution is -2.56. The summed E-state index contributed by atoms with van der Waals surface area (Å²) in [6, 6.07) is 17.8. The summed E-state index contributed by atoms with van der Waals surface area (Å²) >= 11 is 0. The normalized spacial score (nSPS) is 22.5. The van der Waals surface area contributed by atoms with Gasteiger partial charge in [-0.25, -0.2) is 4.39 Å². The Labute approximate surface area is 203 Å². The molecule has 2 fully saturated rings. The first-order valence-corrected chi connectivity index (χ1v) is 12.8. The minimum absolute atomic E-state index is 0.124. The predicted molar refractivity (Wildman–Crippen MR) is 135 cm³/mol. The van der Waals surface area contributed by atoms with E-state index in [1.165, 1.54) is 24.1 Å². The first-order chi connectivity index (χ1) is 16.6. The molecule has 2 atom stereocenters. The van der Waals surface area contributed by atoms with E-state index in [4.69, 9.17) is 0 Å². The molecular formula is C28H39FN4O. The molecule has 2 aromatic carbocycles. The summed E-state index contributed by atoms with van der Waals surface area (Å²) in [4.78, 5) is 20.3. The van der Waals surface area contributed by atoms with Crippen LogP contribution in [0.25, 0.3) is 0 Å². The molecule has 34 heavy (non-hydrogen) atoms. The van der Waals surface area contributed by atoms with Crippen LogP contribution in [0.5, 0.6) is 0 Å². The van der Waals surface area contributed by atoms with Crippen molar-refractivity contribution in [2.75, 3.05) is 52.9 Å². The molecule has 2 aromatic rings. The molecule has 0 aliphatic carbocycles. The summed E-state index contributed by atoms with van der Waals surface area (Å²) in [6.45, 7) is 8.25. The zero-order chi connectivity index (χ0) is 23.8. The molecule has 6 heteroatoms. The number of hydrogen-bond donors (Lipinski definition) is 1. The van der Waals surface area contributed by atoms with Crippen LogP contribution in [0, 0.1) is 11.7 Å². The number of carbonyl (C=O) groups is 1. The van der Waals surface area contributed by atoms with Crippen LogP contribution in [-0.4, -0.2) is 79.5 Å². The maximum atomic E-state index is 13.1. The molecule has 0 unspecified atom stereocenters. The smallest absolute Gasteiger partial charge is 0.220 e. The maximum absolute atomic E-state index is 13.1. The summed E-state index contributed by atoms with van der Waals surface area (Å²) in [5, 5.41) is 3.07. The van der Waals surface area contributed by atoms with Gasteiger partial charge < -0.3 is 10.2 Å². The number of nitrogens with zero attached hydrogens (tertiary/aromatic N) is 3. The molecule has 0 saturated carbocycles. The molecule has 5 nitrogen and oxygen atoms in total. The third-order valence-corrected chi connectivity index (χ3v) is 7.43. The Hall–Kier alpha value is -2.28. The standard InChI is InChI=1S/C28H39FN4O/c1-31-17-19-33(20-18-31)27-14-16-32(21-24-5-3-2-4-6-24)22-25(27)9-12-28(34)30-15-13-23-7-10-26(29)11-8-23/h2-8,10-11,25,27H,9,12-22H2,1H3,(H,30,34)/t25-,27+/m0/s1. The lowest BCUT2D eigenvalue weighted by Gasteiger charge is -2.46. The van der Waals surface area contributed by atoms with Crippen molar-refractivity contribution in [3.63, 3.8) is 0 Å². The molecule has 0 radical (unpaired) electrons. The fourth-order valence-electron chi connectivity index (χ4n) is 5.40. The number of hydrogen-bond acceptors (Lipinski definition) is 4. The fraction of sp³-hybridized carbons (Fsp3) is 0.536. The molecule has 0 bridgehead atoms. The van der Waals surface area contributed by atoms with Crippen LogP contribution in [0.4, 0.5) is 4.39 Å². The predicted octanol–water partition coefficient (Wildman–Crippen LogP) is 3.40. The highest BCUT2D eigenvalue weighted by molar-refractivity contribution is 5.75. The second kappa shape index (κ2) is 12.4. The Balaban J connectivity index is 1.29. The van der Waals surface area contributed by atoms with Crippen LogP contribution in [0.15, 0.2) is 54.6 Å². The Kier molecular flexibility index (Phi) is 9.08. The number of rotatable bonds is 9. The summed E-state index contributed by atoms with van der Waals surface area (Å²) in [7, 11) is 2.20. The van der Waals surface area contributed by atoms with Gasteiger partial charge in [0.05, 0.1) is 0 Å². The number of piperidine rings is 1. The third-order valence-electron chi connectivity index (χ3n) is 7.43. The quantitative estimate of drug-likeness (QED) is 0.615. The van der Waals surface area contributed by atoms with E-state index in [1.54, 1.807) is 12.1 Å². The van der Waals surface area contributed by atoms with Gasteiger partial charge in [0.1, 0.15) is 5.82 Å². The van der Waals surface area contributed by atoms with E-state index in [2.05, 4.69) is 57.4 Å². The summed E-state index contributed by atoms with van der Waals surface area (Å²) in [5.74, 6) is 0.402. The average molecular weight is 467 g/mol. The zero-order valence-electron chi connectivity index (χ0n) is 20.5. The summed E-state index contributed by atoms with van der Waals surface area (Å²) < 4.78 is 13.1. The lowest BCUT2D eigenvalue weighted by atomic mass is 9.86. The highest BCUT2D eigenvalue weighted by atomic mass is 19.1. The Bertz CT molecular complexity index is 883. The molecule has 1 amide bonds. The highest BCUT2D eigenvalue weighted by Crippen LogP contribution is 2.28. The van der Waals surface area contributed by atoms with Gasteiger partial charge in [0.25, 0.3) is 0 Å². The van der Waals surface area contributed by atoms with Gasteiger partial charge >= 0.3 is 0 Å². The van der Waals surface area contributed by atoms with Crippen LogP contribution in [0.2, 0.25) is 0 Å².